The maximum Gasteiger partial charge on any atom is 0.263 e. The van der Waals surface area contributed by atoms with Crippen LogP contribution in [-0.4, -0.2) is 54.2 Å². The second-order valence-corrected chi connectivity index (χ2v) is 5.89. The van der Waals surface area contributed by atoms with Crippen molar-refractivity contribution in [3.8, 4) is 0 Å². The average molecular weight is 283 g/mol. The third-order valence-corrected chi connectivity index (χ3v) is 4.09. The molecule has 106 valence electrons. The summed E-state index contributed by atoms with van der Waals surface area (Å²) >= 11 is 1.39. The lowest BCUT2D eigenvalue weighted by Gasteiger charge is -2.35. The van der Waals surface area contributed by atoms with Crippen LogP contribution in [0.5, 0.6) is 0 Å². The molecule has 2 atom stereocenters. The number of rotatable bonds is 4. The number of carbonyl (C=O) groups is 1. The van der Waals surface area contributed by atoms with Crippen molar-refractivity contribution >= 4 is 17.2 Å². The summed E-state index contributed by atoms with van der Waals surface area (Å²) in [7, 11) is 0. The average Bonchev–Trinajstić information content (AvgIpc) is 2.74. The molecular formula is C13H21N3O2S. The zero-order valence-electron chi connectivity index (χ0n) is 11.7. The van der Waals surface area contributed by atoms with E-state index in [-0.39, 0.29) is 18.1 Å². The van der Waals surface area contributed by atoms with Crippen LogP contribution < -0.4 is 5.32 Å². The molecule has 1 aromatic heterocycles. The number of morpholine rings is 1. The van der Waals surface area contributed by atoms with E-state index in [1.54, 1.807) is 5.51 Å². The van der Waals surface area contributed by atoms with Crippen molar-refractivity contribution in [3.05, 3.63) is 16.1 Å². The number of nitrogens with one attached hydrogen (secondary N) is 1. The molecule has 1 saturated heterocycles. The maximum absolute atomic E-state index is 11.9. The predicted molar refractivity (Wildman–Crippen MR) is 75.6 cm³/mol. The fourth-order valence-electron chi connectivity index (χ4n) is 2.39. The molecule has 1 aliphatic heterocycles. The third kappa shape index (κ3) is 3.99. The molecule has 2 heterocycles. The van der Waals surface area contributed by atoms with Gasteiger partial charge in [-0.15, -0.1) is 11.3 Å². The van der Waals surface area contributed by atoms with Gasteiger partial charge in [-0.3, -0.25) is 9.69 Å². The van der Waals surface area contributed by atoms with Gasteiger partial charge in [-0.05, 0) is 20.8 Å². The van der Waals surface area contributed by atoms with Gasteiger partial charge in [0.05, 0.1) is 23.4 Å². The van der Waals surface area contributed by atoms with Crippen molar-refractivity contribution in [2.45, 2.75) is 33.0 Å². The van der Waals surface area contributed by atoms with Crippen molar-refractivity contribution in [2.24, 2.45) is 0 Å². The van der Waals surface area contributed by atoms with E-state index in [2.05, 4.69) is 29.0 Å². The number of carbonyl (C=O) groups excluding carboxylic acids is 1. The minimum absolute atomic E-state index is 0.0191. The Kier molecular flexibility index (Phi) is 4.90. The van der Waals surface area contributed by atoms with Gasteiger partial charge in [-0.1, -0.05) is 0 Å². The Bertz CT molecular complexity index is 425. The molecule has 6 heteroatoms. The van der Waals surface area contributed by atoms with E-state index >= 15 is 0 Å². The molecule has 0 aliphatic carbocycles. The van der Waals surface area contributed by atoms with Crippen LogP contribution in [0.3, 0.4) is 0 Å². The Morgan fingerprint density at radius 1 is 1.53 bits per heavy atom. The molecule has 19 heavy (non-hydrogen) atoms. The highest BCUT2D eigenvalue weighted by atomic mass is 32.1. The molecule has 1 aliphatic rings. The molecule has 0 bridgehead atoms. The number of thiazole rings is 1. The van der Waals surface area contributed by atoms with Crippen molar-refractivity contribution in [1.29, 1.82) is 0 Å². The van der Waals surface area contributed by atoms with Crippen molar-refractivity contribution in [1.82, 2.24) is 15.2 Å². The van der Waals surface area contributed by atoms with Crippen LogP contribution in [0.4, 0.5) is 0 Å². The van der Waals surface area contributed by atoms with Crippen molar-refractivity contribution in [3.63, 3.8) is 0 Å². The Hall–Kier alpha value is -0.980. The zero-order valence-corrected chi connectivity index (χ0v) is 12.5. The van der Waals surface area contributed by atoms with E-state index in [1.807, 2.05) is 6.92 Å². The van der Waals surface area contributed by atoms with Crippen LogP contribution in [-0.2, 0) is 4.74 Å². The second kappa shape index (κ2) is 6.45. The lowest BCUT2D eigenvalue weighted by atomic mass is 10.2. The zero-order chi connectivity index (χ0) is 13.8. The summed E-state index contributed by atoms with van der Waals surface area (Å²) in [4.78, 5) is 19.0. The largest absolute Gasteiger partial charge is 0.373 e. The number of hydrogen-bond acceptors (Lipinski definition) is 5. The number of aromatic nitrogens is 1. The van der Waals surface area contributed by atoms with Gasteiger partial charge < -0.3 is 10.1 Å². The van der Waals surface area contributed by atoms with E-state index in [9.17, 15) is 4.79 Å². The minimum Gasteiger partial charge on any atom is -0.373 e. The maximum atomic E-state index is 11.9. The molecule has 0 radical (unpaired) electrons. The topological polar surface area (TPSA) is 54.5 Å². The van der Waals surface area contributed by atoms with Crippen molar-refractivity contribution < 1.29 is 9.53 Å². The number of aryl methyl sites for hydroxylation is 1. The molecule has 1 fully saturated rings. The fraction of sp³-hybridized carbons (Fsp3) is 0.692. The summed E-state index contributed by atoms with van der Waals surface area (Å²) in [5.41, 5.74) is 2.51. The van der Waals surface area contributed by atoms with E-state index in [0.29, 0.717) is 11.4 Å². The van der Waals surface area contributed by atoms with Gasteiger partial charge in [0, 0.05) is 26.2 Å². The first-order chi connectivity index (χ1) is 9.06. The highest BCUT2D eigenvalue weighted by molar-refractivity contribution is 7.11. The normalized spacial score (nSPS) is 24.4. The third-order valence-electron chi connectivity index (χ3n) is 3.16. The molecule has 1 aromatic rings. The first-order valence-corrected chi connectivity index (χ1v) is 7.50. The number of hydrogen-bond donors (Lipinski definition) is 1. The molecule has 0 unspecified atom stereocenters. The van der Waals surface area contributed by atoms with Gasteiger partial charge >= 0.3 is 0 Å². The van der Waals surface area contributed by atoms with Crippen LogP contribution in [0.2, 0.25) is 0 Å². The summed E-state index contributed by atoms with van der Waals surface area (Å²) in [6.07, 6.45) is 0.534. The summed E-state index contributed by atoms with van der Waals surface area (Å²) < 4.78 is 5.68. The van der Waals surface area contributed by atoms with E-state index in [4.69, 9.17) is 4.74 Å². The minimum atomic E-state index is -0.0191. The Morgan fingerprint density at radius 3 is 2.79 bits per heavy atom. The van der Waals surface area contributed by atoms with Crippen LogP contribution in [0.1, 0.15) is 29.2 Å². The molecule has 5 nitrogen and oxygen atoms in total. The predicted octanol–water partition coefficient (Wildman–Crippen LogP) is 1.29. The standard InChI is InChI=1S/C13H21N3O2S/c1-9-6-16(7-10(2)18-9)5-4-14-13(17)12-11(3)15-8-19-12/h8-10H,4-7H2,1-3H3,(H,14,17)/t9-,10+. The lowest BCUT2D eigenvalue weighted by molar-refractivity contribution is -0.0672. The fourth-order valence-corrected chi connectivity index (χ4v) is 3.11. The smallest absolute Gasteiger partial charge is 0.263 e. The molecule has 1 N–H and O–H groups in total. The monoisotopic (exact) mass is 283 g/mol. The summed E-state index contributed by atoms with van der Waals surface area (Å²) in [6.45, 7) is 9.41. The van der Waals surface area contributed by atoms with Gasteiger partial charge in [0.1, 0.15) is 4.88 Å². The molecule has 0 saturated carbocycles. The molecule has 2 rings (SSSR count). The summed E-state index contributed by atoms with van der Waals surface area (Å²) in [6, 6.07) is 0. The van der Waals surface area contributed by atoms with Crippen LogP contribution >= 0.6 is 11.3 Å². The molecule has 1 amide bonds. The van der Waals surface area contributed by atoms with Crippen LogP contribution in [0.15, 0.2) is 5.51 Å². The summed E-state index contributed by atoms with van der Waals surface area (Å²) in [5, 5.41) is 2.95. The van der Waals surface area contributed by atoms with Gasteiger partial charge in [0.15, 0.2) is 0 Å². The van der Waals surface area contributed by atoms with E-state index in [1.165, 1.54) is 11.3 Å². The van der Waals surface area contributed by atoms with Gasteiger partial charge in [-0.2, -0.15) is 0 Å². The quantitative estimate of drug-likeness (QED) is 0.905. The first kappa shape index (κ1) is 14.4. The molecule has 0 spiro atoms. The number of nitrogens with zero attached hydrogens (tertiary/aromatic N) is 2. The molecule has 0 aromatic carbocycles. The molecular weight excluding hydrogens is 262 g/mol. The Morgan fingerprint density at radius 2 is 2.21 bits per heavy atom. The van der Waals surface area contributed by atoms with E-state index < -0.39 is 0 Å². The number of ether oxygens (including phenoxy) is 1. The van der Waals surface area contributed by atoms with Crippen LogP contribution in [0.25, 0.3) is 0 Å². The SMILES string of the molecule is Cc1ncsc1C(=O)NCCN1C[C@@H](C)O[C@@H](C)C1. The second-order valence-electron chi connectivity index (χ2n) is 5.04. The Balaban J connectivity index is 1.75. The van der Waals surface area contributed by atoms with Gasteiger partial charge in [0.2, 0.25) is 0 Å². The lowest BCUT2D eigenvalue weighted by Crippen LogP contribution is -2.47. The summed E-state index contributed by atoms with van der Waals surface area (Å²) in [5.74, 6) is -0.0191. The highest BCUT2D eigenvalue weighted by Crippen LogP contribution is 2.12. The Labute approximate surface area is 118 Å². The van der Waals surface area contributed by atoms with Gasteiger partial charge in [0.25, 0.3) is 5.91 Å². The van der Waals surface area contributed by atoms with E-state index in [0.717, 1.165) is 25.3 Å². The highest BCUT2D eigenvalue weighted by Gasteiger charge is 2.21. The number of amides is 1. The van der Waals surface area contributed by atoms with Crippen molar-refractivity contribution in [2.75, 3.05) is 26.2 Å². The van der Waals surface area contributed by atoms with Crippen LogP contribution in [0, 0.1) is 6.92 Å². The first-order valence-electron chi connectivity index (χ1n) is 6.62. The van der Waals surface area contributed by atoms with Gasteiger partial charge in [-0.25, -0.2) is 4.98 Å².